The largest absolute Gasteiger partial charge is 0.487 e. The number of likely N-dealkylation sites (tertiary alicyclic amines) is 2. The average Bonchev–Trinajstić information content (AvgIpc) is 4.05. The maximum atomic E-state index is 14.2. The van der Waals surface area contributed by atoms with Crippen molar-refractivity contribution >= 4 is 46.6 Å². The number of nitrogens with zero attached hydrogens (tertiary/aromatic N) is 8. The number of amides is 3. The van der Waals surface area contributed by atoms with E-state index in [0.717, 1.165) is 115 Å². The van der Waals surface area contributed by atoms with Crippen LogP contribution >= 0.6 is 22.9 Å². The Kier molecular flexibility index (Phi) is 19.0. The highest BCUT2D eigenvalue weighted by Crippen LogP contribution is 2.36. The minimum Gasteiger partial charge on any atom is -0.487 e. The van der Waals surface area contributed by atoms with Gasteiger partial charge in [-0.1, -0.05) is 82.6 Å². The van der Waals surface area contributed by atoms with E-state index >= 15 is 0 Å². The van der Waals surface area contributed by atoms with Gasteiger partial charge >= 0.3 is 0 Å². The smallest absolute Gasteiger partial charge is 0.246 e. The number of ether oxygens (including phenoxy) is 2. The van der Waals surface area contributed by atoms with Gasteiger partial charge in [-0.15, -0.1) is 11.3 Å². The monoisotopic (exact) mass is 1090 g/mol. The predicted molar refractivity (Wildman–Crippen MR) is 301 cm³/mol. The summed E-state index contributed by atoms with van der Waals surface area (Å²) < 4.78 is 12.0. The normalized spacial score (nSPS) is 18.6. The Labute approximate surface area is 463 Å². The van der Waals surface area contributed by atoms with E-state index in [1.807, 2.05) is 107 Å². The molecule has 3 fully saturated rings. The standard InChI is InChI=1S/C59H75ClN10O6S/c1-39(43-8-10-44(11-9-43)54-40(2)64-38-77-54)65-55(73)52-31-49(71)35-70(52)56(74)51(58(3,4)5)33-63-53(72)37-75-27-26-67-20-17-41(18-21-67)34-68-22-24-69(25-23-68)57-62-19-16-48(66-57)36-76-50-14-12-45(13-15-50)59(6,7)46-28-42(32-61)29-47(60)30-46/h8-16,19,28-30,38-39,41,49,51-52,71H,17-18,20-27,31,33-37H2,1-7H3,(H,63,72)(H,65,73)/t39-,49+,51?,52-/m0/s1. The zero-order chi connectivity index (χ0) is 54.9. The number of benzene rings is 3. The maximum Gasteiger partial charge on any atom is 0.246 e. The van der Waals surface area contributed by atoms with Crippen LogP contribution in [0.5, 0.6) is 5.75 Å². The van der Waals surface area contributed by atoms with Crippen molar-refractivity contribution < 1.29 is 29.0 Å². The number of nitrogens with one attached hydrogen (secondary N) is 2. The van der Waals surface area contributed by atoms with Crippen LogP contribution in [0.4, 0.5) is 5.95 Å². The van der Waals surface area contributed by atoms with E-state index in [9.17, 15) is 24.8 Å². The van der Waals surface area contributed by atoms with Crippen molar-refractivity contribution in [3.05, 3.63) is 123 Å². The fourth-order valence-electron chi connectivity index (χ4n) is 10.6. The van der Waals surface area contributed by atoms with E-state index in [4.69, 9.17) is 26.1 Å². The van der Waals surface area contributed by atoms with Gasteiger partial charge in [-0.3, -0.25) is 19.3 Å². The molecule has 77 heavy (non-hydrogen) atoms. The molecule has 0 radical (unpaired) electrons. The number of carbonyl (C=O) groups excluding carboxylic acids is 3. The zero-order valence-electron chi connectivity index (χ0n) is 45.6. The number of aliphatic hydroxyl groups is 1. The third-order valence-corrected chi connectivity index (χ3v) is 16.8. The molecule has 0 bridgehead atoms. The fraction of sp³-hybridized carbons (Fsp3) is 0.508. The lowest BCUT2D eigenvalue weighted by Crippen LogP contribution is -2.52. The first-order chi connectivity index (χ1) is 36.8. The highest BCUT2D eigenvalue weighted by Gasteiger charge is 2.44. The summed E-state index contributed by atoms with van der Waals surface area (Å²) in [5, 5.41) is 26.7. The molecule has 0 aliphatic carbocycles. The summed E-state index contributed by atoms with van der Waals surface area (Å²) in [4.78, 5) is 64.6. The van der Waals surface area contributed by atoms with Crippen LogP contribution in [0.15, 0.2) is 84.5 Å². The Morgan fingerprint density at radius 1 is 0.922 bits per heavy atom. The summed E-state index contributed by atoms with van der Waals surface area (Å²) in [5.41, 5.74) is 7.31. The van der Waals surface area contributed by atoms with Gasteiger partial charge in [0.05, 0.1) is 58.1 Å². The van der Waals surface area contributed by atoms with Crippen LogP contribution in [0, 0.1) is 35.5 Å². The molecule has 1 unspecified atom stereocenters. The van der Waals surface area contributed by atoms with E-state index in [-0.39, 0.29) is 55.3 Å². The first kappa shape index (κ1) is 57.2. The van der Waals surface area contributed by atoms with Crippen molar-refractivity contribution in [2.45, 2.75) is 97.9 Å². The first-order valence-corrected chi connectivity index (χ1v) is 28.2. The Hall–Kier alpha value is -6.00. The van der Waals surface area contributed by atoms with E-state index in [0.29, 0.717) is 29.7 Å². The number of aromatic nitrogens is 3. The maximum absolute atomic E-state index is 14.2. The predicted octanol–water partition coefficient (Wildman–Crippen LogP) is 7.81. The highest BCUT2D eigenvalue weighted by molar-refractivity contribution is 7.13. The molecule has 3 saturated heterocycles. The molecule has 8 rings (SSSR count). The molecule has 5 aromatic rings. The molecular formula is C59H75ClN10O6S. The number of halogens is 1. The van der Waals surface area contributed by atoms with Crippen molar-refractivity contribution in [3.63, 3.8) is 0 Å². The highest BCUT2D eigenvalue weighted by atomic mass is 35.5. The third kappa shape index (κ3) is 15.0. The van der Waals surface area contributed by atoms with Crippen molar-refractivity contribution in [2.75, 3.05) is 83.6 Å². The number of anilines is 1. The average molecular weight is 1090 g/mol. The number of β-amino-alcohol motifs (C(OH)–C–C–N with tert-alkyl or cyclic N) is 1. The van der Waals surface area contributed by atoms with Crippen LogP contribution in [0.1, 0.15) is 100 Å². The second-order valence-corrected chi connectivity index (χ2v) is 23.8. The van der Waals surface area contributed by atoms with Crippen LogP contribution in [-0.4, -0.2) is 143 Å². The van der Waals surface area contributed by atoms with Crippen LogP contribution < -0.4 is 20.3 Å². The molecule has 3 aliphatic heterocycles. The minimum atomic E-state index is -0.830. The van der Waals surface area contributed by atoms with Crippen molar-refractivity contribution in [1.29, 1.82) is 5.26 Å². The molecule has 16 nitrogen and oxygen atoms in total. The molecule has 2 aromatic heterocycles. The Balaban J connectivity index is 0.705. The minimum absolute atomic E-state index is 0.0510. The van der Waals surface area contributed by atoms with Crippen LogP contribution in [0.2, 0.25) is 5.02 Å². The summed E-state index contributed by atoms with van der Waals surface area (Å²) >= 11 is 7.91. The molecule has 3 N–H and O–H groups in total. The number of piperidine rings is 1. The molecule has 3 aromatic carbocycles. The van der Waals surface area contributed by atoms with Gasteiger partial charge < -0.3 is 39.9 Å². The van der Waals surface area contributed by atoms with E-state index in [2.05, 4.69) is 55.2 Å². The SMILES string of the molecule is Cc1ncsc1-c1ccc([C@H](C)NC(=O)[C@@H]2C[C@@H](O)CN2C(=O)C(CNC(=O)COCCN2CCC(CN3CCN(c4nccc(COc5ccc(C(C)(C)c6cc(Cl)cc(C#N)c6)cc5)n4)CC3)CC2)C(C)(C)C)cc1. The number of rotatable bonds is 20. The second-order valence-electron chi connectivity index (χ2n) is 22.5. The van der Waals surface area contributed by atoms with Gasteiger partial charge in [-0.2, -0.15) is 5.26 Å². The Morgan fingerprint density at radius 3 is 2.32 bits per heavy atom. The number of piperazine rings is 1. The zero-order valence-corrected chi connectivity index (χ0v) is 47.2. The van der Waals surface area contributed by atoms with Gasteiger partial charge in [0.15, 0.2) is 0 Å². The summed E-state index contributed by atoms with van der Waals surface area (Å²) in [6.45, 7) is 22.1. The molecule has 3 amide bonds. The van der Waals surface area contributed by atoms with Crippen molar-refractivity contribution in [2.24, 2.45) is 17.3 Å². The van der Waals surface area contributed by atoms with Crippen molar-refractivity contribution in [3.8, 4) is 22.3 Å². The Bertz CT molecular complexity index is 2840. The van der Waals surface area contributed by atoms with Gasteiger partial charge in [0.25, 0.3) is 0 Å². The number of hydrogen-bond acceptors (Lipinski definition) is 14. The number of aliphatic hydroxyl groups excluding tert-OH is 1. The molecule has 0 spiro atoms. The van der Waals surface area contributed by atoms with Crippen LogP contribution in [-0.2, 0) is 31.1 Å². The van der Waals surface area contributed by atoms with Crippen LogP contribution in [0.25, 0.3) is 10.4 Å². The number of thiazole rings is 1. The summed E-state index contributed by atoms with van der Waals surface area (Å²) in [6.07, 6.45) is 3.33. The van der Waals surface area contributed by atoms with Gasteiger partial charge in [0.1, 0.15) is 25.0 Å². The number of aryl methyl sites for hydroxylation is 1. The van der Waals surface area contributed by atoms with E-state index in [1.54, 1.807) is 23.6 Å². The van der Waals surface area contributed by atoms with Crippen LogP contribution in [0.3, 0.4) is 0 Å². The number of hydrogen-bond donors (Lipinski definition) is 3. The lowest BCUT2D eigenvalue weighted by molar-refractivity contribution is -0.145. The van der Waals surface area contributed by atoms with Gasteiger partial charge in [0.2, 0.25) is 23.7 Å². The van der Waals surface area contributed by atoms with Gasteiger partial charge in [-0.05, 0) is 110 Å². The van der Waals surface area contributed by atoms with Crippen molar-refractivity contribution in [1.82, 2.24) is 40.3 Å². The summed E-state index contributed by atoms with van der Waals surface area (Å²) in [5.74, 6) is 0.565. The Morgan fingerprint density at radius 2 is 1.65 bits per heavy atom. The molecular weight excluding hydrogens is 1010 g/mol. The third-order valence-electron chi connectivity index (χ3n) is 15.6. The quantitative estimate of drug-likeness (QED) is 0.0641. The molecule has 410 valence electrons. The molecule has 5 heterocycles. The summed E-state index contributed by atoms with van der Waals surface area (Å²) in [7, 11) is 0. The topological polar surface area (TPSA) is 189 Å². The molecule has 4 atom stereocenters. The second kappa shape index (κ2) is 25.6. The van der Waals surface area contributed by atoms with E-state index in [1.165, 1.54) is 4.90 Å². The number of carbonyl (C=O) groups is 3. The summed E-state index contributed by atoms with van der Waals surface area (Å²) in [6, 6.07) is 24.5. The fourth-order valence-corrected chi connectivity index (χ4v) is 11.6. The number of nitriles is 1. The molecule has 3 aliphatic rings. The van der Waals surface area contributed by atoms with E-state index < -0.39 is 23.5 Å². The van der Waals surface area contributed by atoms with Gasteiger partial charge in [0, 0.05) is 75.4 Å². The lowest BCUT2D eigenvalue weighted by Gasteiger charge is -2.38. The molecule has 0 saturated carbocycles. The lowest BCUT2D eigenvalue weighted by atomic mass is 9.78. The first-order valence-electron chi connectivity index (χ1n) is 26.9. The molecule has 18 heteroatoms. The van der Waals surface area contributed by atoms with Gasteiger partial charge in [-0.25, -0.2) is 15.0 Å².